The average molecular weight is 253 g/mol. The number of aliphatic hydroxyl groups excluding tert-OH is 1. The van der Waals surface area contributed by atoms with Gasteiger partial charge in [0.1, 0.15) is 0 Å². The molecule has 0 saturated carbocycles. The van der Waals surface area contributed by atoms with Gasteiger partial charge in [0.25, 0.3) is 0 Å². The van der Waals surface area contributed by atoms with Crippen LogP contribution in [0.25, 0.3) is 0 Å². The van der Waals surface area contributed by atoms with Crippen LogP contribution in [0.2, 0.25) is 0 Å². The third-order valence-corrected chi connectivity index (χ3v) is 3.02. The van der Waals surface area contributed by atoms with Crippen LogP contribution in [0, 0.1) is 0 Å². The highest BCUT2D eigenvalue weighted by Crippen LogP contribution is 2.43. The minimum Gasteiger partial charge on any atom is -0.493 e. The fraction of sp³-hybridized carbons (Fsp3) is 0.538. The first kappa shape index (κ1) is 13.0. The maximum atomic E-state index is 10.3. The van der Waals surface area contributed by atoms with Gasteiger partial charge in [-0.15, -0.1) is 0 Å². The third-order valence-electron chi connectivity index (χ3n) is 3.02. The summed E-state index contributed by atoms with van der Waals surface area (Å²) in [5.41, 5.74) is 0.754. The lowest BCUT2D eigenvalue weighted by Gasteiger charge is -2.20. The Labute approximate surface area is 107 Å². The Morgan fingerprint density at radius 3 is 2.89 bits per heavy atom. The summed E-state index contributed by atoms with van der Waals surface area (Å²) in [5.74, 6) is 1.81. The van der Waals surface area contributed by atoms with Crippen LogP contribution >= 0.6 is 0 Å². The molecular formula is C13H19NO4. The van der Waals surface area contributed by atoms with Gasteiger partial charge >= 0.3 is 0 Å². The zero-order valence-corrected chi connectivity index (χ0v) is 10.9. The van der Waals surface area contributed by atoms with Crippen molar-refractivity contribution in [2.75, 3.05) is 20.4 Å². The van der Waals surface area contributed by atoms with Crippen molar-refractivity contribution < 1.29 is 19.3 Å². The van der Waals surface area contributed by atoms with Gasteiger partial charge in [0, 0.05) is 6.04 Å². The third kappa shape index (κ3) is 2.37. The second-order valence-corrected chi connectivity index (χ2v) is 4.25. The molecule has 2 N–H and O–H groups in total. The Morgan fingerprint density at radius 2 is 2.22 bits per heavy atom. The highest BCUT2D eigenvalue weighted by atomic mass is 16.7. The molecule has 1 aromatic carbocycles. The van der Waals surface area contributed by atoms with E-state index in [9.17, 15) is 5.11 Å². The molecule has 1 heterocycles. The standard InChI is InChI=1S/C13H19NO4/c1-4-14-8(2)12(15)9-5-10(16-3)13-11(6-9)17-7-18-13/h5-6,8,12,14-15H,4,7H2,1-3H3. The molecule has 0 amide bonds. The number of rotatable bonds is 5. The normalized spacial score (nSPS) is 16.4. The second kappa shape index (κ2) is 5.46. The number of benzene rings is 1. The Hall–Kier alpha value is -1.46. The van der Waals surface area contributed by atoms with Crippen molar-refractivity contribution in [2.45, 2.75) is 26.0 Å². The summed E-state index contributed by atoms with van der Waals surface area (Å²) in [5, 5.41) is 13.4. The van der Waals surface area contributed by atoms with Crippen LogP contribution < -0.4 is 19.5 Å². The Kier molecular flexibility index (Phi) is 3.93. The lowest BCUT2D eigenvalue weighted by atomic mass is 10.0. The van der Waals surface area contributed by atoms with Crippen molar-refractivity contribution in [1.29, 1.82) is 0 Å². The van der Waals surface area contributed by atoms with E-state index in [4.69, 9.17) is 14.2 Å². The second-order valence-electron chi connectivity index (χ2n) is 4.25. The number of likely N-dealkylation sites (N-methyl/N-ethyl adjacent to an activating group) is 1. The highest BCUT2D eigenvalue weighted by molar-refractivity contribution is 5.55. The maximum absolute atomic E-state index is 10.3. The predicted octanol–water partition coefficient (Wildman–Crippen LogP) is 1.46. The topological polar surface area (TPSA) is 60.0 Å². The Bertz CT molecular complexity index is 422. The van der Waals surface area contributed by atoms with Gasteiger partial charge in [-0.25, -0.2) is 0 Å². The largest absolute Gasteiger partial charge is 0.493 e. The van der Waals surface area contributed by atoms with Gasteiger partial charge in [0.15, 0.2) is 11.5 Å². The zero-order chi connectivity index (χ0) is 13.1. The minimum absolute atomic E-state index is 0.0416. The van der Waals surface area contributed by atoms with Gasteiger partial charge in [-0.2, -0.15) is 0 Å². The molecule has 1 aliphatic rings. The molecule has 0 spiro atoms. The molecule has 5 nitrogen and oxygen atoms in total. The van der Waals surface area contributed by atoms with Crippen LogP contribution in [0.15, 0.2) is 12.1 Å². The van der Waals surface area contributed by atoms with Crippen molar-refractivity contribution in [3.63, 3.8) is 0 Å². The van der Waals surface area contributed by atoms with Gasteiger partial charge in [-0.05, 0) is 31.2 Å². The summed E-state index contributed by atoms with van der Waals surface area (Å²) in [7, 11) is 1.57. The molecule has 0 fully saturated rings. The lowest BCUT2D eigenvalue weighted by Crippen LogP contribution is -2.31. The highest BCUT2D eigenvalue weighted by Gasteiger charge is 2.24. The Morgan fingerprint density at radius 1 is 1.44 bits per heavy atom. The number of methoxy groups -OCH3 is 1. The van der Waals surface area contributed by atoms with Crippen LogP contribution in [-0.4, -0.2) is 31.6 Å². The summed E-state index contributed by atoms with van der Waals surface area (Å²) in [4.78, 5) is 0. The van der Waals surface area contributed by atoms with Gasteiger partial charge in [-0.3, -0.25) is 0 Å². The minimum atomic E-state index is -0.617. The predicted molar refractivity (Wildman–Crippen MR) is 67.2 cm³/mol. The zero-order valence-electron chi connectivity index (χ0n) is 10.9. The van der Waals surface area contributed by atoms with Gasteiger partial charge in [-0.1, -0.05) is 6.92 Å². The van der Waals surface area contributed by atoms with Crippen molar-refractivity contribution >= 4 is 0 Å². The van der Waals surface area contributed by atoms with Crippen LogP contribution in [0.4, 0.5) is 0 Å². The molecule has 0 radical (unpaired) electrons. The van der Waals surface area contributed by atoms with Crippen LogP contribution in [-0.2, 0) is 0 Å². The van der Waals surface area contributed by atoms with Gasteiger partial charge < -0.3 is 24.6 Å². The maximum Gasteiger partial charge on any atom is 0.231 e. The van der Waals surface area contributed by atoms with E-state index in [-0.39, 0.29) is 12.8 Å². The summed E-state index contributed by atoms with van der Waals surface area (Å²) < 4.78 is 15.9. The molecule has 0 saturated heterocycles. The van der Waals surface area contributed by atoms with Gasteiger partial charge in [0.05, 0.1) is 13.2 Å². The van der Waals surface area contributed by atoms with E-state index in [2.05, 4.69) is 5.32 Å². The van der Waals surface area contributed by atoms with Crippen LogP contribution in [0.1, 0.15) is 25.5 Å². The van der Waals surface area contributed by atoms with Crippen molar-refractivity contribution in [1.82, 2.24) is 5.32 Å². The summed E-state index contributed by atoms with van der Waals surface area (Å²) in [6, 6.07) is 3.54. The number of hydrogen-bond donors (Lipinski definition) is 2. The fourth-order valence-electron chi connectivity index (χ4n) is 2.04. The lowest BCUT2D eigenvalue weighted by molar-refractivity contribution is 0.136. The number of fused-ring (bicyclic) bond motifs is 1. The molecule has 0 aromatic heterocycles. The number of hydrogen-bond acceptors (Lipinski definition) is 5. The van der Waals surface area contributed by atoms with Crippen molar-refractivity contribution in [2.24, 2.45) is 0 Å². The first-order valence-corrected chi connectivity index (χ1v) is 6.06. The van der Waals surface area contributed by atoms with Crippen LogP contribution in [0.5, 0.6) is 17.2 Å². The molecule has 2 unspecified atom stereocenters. The molecule has 0 bridgehead atoms. The molecule has 2 atom stereocenters. The van der Waals surface area contributed by atoms with Crippen molar-refractivity contribution in [3.8, 4) is 17.2 Å². The monoisotopic (exact) mass is 253 g/mol. The molecular weight excluding hydrogens is 234 g/mol. The number of aliphatic hydroxyl groups is 1. The van der Waals surface area contributed by atoms with Crippen molar-refractivity contribution in [3.05, 3.63) is 17.7 Å². The van der Waals surface area contributed by atoms with E-state index in [1.807, 2.05) is 13.8 Å². The first-order chi connectivity index (χ1) is 8.67. The molecule has 18 heavy (non-hydrogen) atoms. The average Bonchev–Trinajstić information content (AvgIpc) is 2.85. The quantitative estimate of drug-likeness (QED) is 0.832. The van der Waals surface area contributed by atoms with E-state index in [0.29, 0.717) is 17.2 Å². The summed E-state index contributed by atoms with van der Waals surface area (Å²) in [6.45, 7) is 4.93. The molecule has 100 valence electrons. The smallest absolute Gasteiger partial charge is 0.231 e. The summed E-state index contributed by atoms with van der Waals surface area (Å²) in [6.07, 6.45) is -0.617. The molecule has 1 aliphatic heterocycles. The van der Waals surface area contributed by atoms with E-state index >= 15 is 0 Å². The van der Waals surface area contributed by atoms with Gasteiger partial charge in [0.2, 0.25) is 12.5 Å². The van der Waals surface area contributed by atoms with Crippen LogP contribution in [0.3, 0.4) is 0 Å². The Balaban J connectivity index is 2.28. The number of nitrogens with one attached hydrogen (secondary N) is 1. The fourth-order valence-corrected chi connectivity index (χ4v) is 2.04. The molecule has 1 aromatic rings. The summed E-state index contributed by atoms with van der Waals surface area (Å²) >= 11 is 0. The SMILES string of the molecule is CCNC(C)C(O)c1cc(OC)c2c(c1)OCO2. The van der Waals surface area contributed by atoms with E-state index in [0.717, 1.165) is 12.1 Å². The molecule has 5 heteroatoms. The van der Waals surface area contributed by atoms with E-state index in [1.165, 1.54) is 0 Å². The number of ether oxygens (including phenoxy) is 3. The molecule has 2 rings (SSSR count). The van der Waals surface area contributed by atoms with E-state index < -0.39 is 6.10 Å². The first-order valence-electron chi connectivity index (χ1n) is 6.06. The molecule has 0 aliphatic carbocycles. The van der Waals surface area contributed by atoms with E-state index in [1.54, 1.807) is 19.2 Å².